The minimum Gasteiger partial charge on any atom is -0.455 e. The molecule has 0 amide bonds. The Morgan fingerprint density at radius 3 is 1.28 bits per heavy atom. The summed E-state index contributed by atoms with van der Waals surface area (Å²) in [5, 5.41) is 9.82. The number of benzene rings is 10. The van der Waals surface area contributed by atoms with Crippen LogP contribution < -0.4 is 4.90 Å². The molecule has 0 atom stereocenters. The summed E-state index contributed by atoms with van der Waals surface area (Å²) in [5.41, 5.74) is 12.2. The quantitative estimate of drug-likeness (QED) is 0.162. The van der Waals surface area contributed by atoms with Crippen LogP contribution in [0.25, 0.3) is 87.6 Å². The highest BCUT2D eigenvalue weighted by Gasteiger charge is 2.18. The molecule has 0 radical (unpaired) electrons. The van der Waals surface area contributed by atoms with Crippen molar-refractivity contribution in [3.63, 3.8) is 0 Å². The van der Waals surface area contributed by atoms with Gasteiger partial charge in [0.2, 0.25) is 0 Å². The monoisotopic (exact) mass is 687 g/mol. The van der Waals surface area contributed by atoms with Crippen LogP contribution in [-0.2, 0) is 0 Å². The third kappa shape index (κ3) is 4.88. The van der Waals surface area contributed by atoms with Crippen LogP contribution in [0.15, 0.2) is 205 Å². The summed E-state index contributed by atoms with van der Waals surface area (Å²) in [6, 6.07) is 72.2. The Balaban J connectivity index is 1.01. The van der Waals surface area contributed by atoms with Gasteiger partial charge in [-0.25, -0.2) is 0 Å². The zero-order valence-electron chi connectivity index (χ0n) is 29.4. The zero-order chi connectivity index (χ0) is 35.6. The molecule has 2 heteroatoms. The van der Waals surface area contributed by atoms with E-state index < -0.39 is 0 Å². The number of hydrogen-bond acceptors (Lipinski definition) is 2. The van der Waals surface area contributed by atoms with Gasteiger partial charge in [-0.15, -0.1) is 0 Å². The Hall–Kier alpha value is -7.16. The number of fused-ring (bicyclic) bond motifs is 2. The number of rotatable bonds is 6. The SMILES string of the molecule is c1ccc2c(-c3ccc(N(c4ccc(-c5cccc6ccccc56)cc4)c4ccc(-c5ccc6ccc7cccc8oc5c6c78)cc4)cc3)cccc2c1. The molecule has 0 aliphatic rings. The molecule has 2 nitrogen and oxygen atoms in total. The number of hydrogen-bond donors (Lipinski definition) is 0. The van der Waals surface area contributed by atoms with Crippen molar-refractivity contribution in [1.29, 1.82) is 0 Å². The van der Waals surface area contributed by atoms with E-state index in [4.69, 9.17) is 4.42 Å². The van der Waals surface area contributed by atoms with Gasteiger partial charge in [-0.05, 0) is 109 Å². The third-order valence-electron chi connectivity index (χ3n) is 11.0. The Morgan fingerprint density at radius 2 is 0.722 bits per heavy atom. The van der Waals surface area contributed by atoms with E-state index in [1.54, 1.807) is 0 Å². The minimum atomic E-state index is 0.933. The van der Waals surface area contributed by atoms with Crippen molar-refractivity contribution < 1.29 is 4.42 Å². The standard InChI is InChI=1S/C52H33NO/c1-3-13-44-34(8-1)10-5-15-46(44)36-20-27-41(28-21-36)53(42-29-22-37(23-30-42)47-16-6-11-35-9-2-4-14-45(35)47)43-31-24-38(25-32-43)48-33-26-40-19-18-39-12-7-17-49-50(39)51(40)52(48)54-49/h1-33H. The zero-order valence-corrected chi connectivity index (χ0v) is 29.4. The van der Waals surface area contributed by atoms with E-state index in [-0.39, 0.29) is 0 Å². The molecule has 1 heterocycles. The Morgan fingerprint density at radius 1 is 0.296 bits per heavy atom. The molecule has 1 aromatic heterocycles. The predicted molar refractivity (Wildman–Crippen MR) is 228 cm³/mol. The first-order valence-electron chi connectivity index (χ1n) is 18.5. The van der Waals surface area contributed by atoms with Gasteiger partial charge in [-0.2, -0.15) is 0 Å². The van der Waals surface area contributed by atoms with Crippen molar-refractivity contribution in [2.24, 2.45) is 0 Å². The largest absolute Gasteiger partial charge is 0.455 e. The maximum atomic E-state index is 6.55. The second kappa shape index (κ2) is 12.2. The molecule has 54 heavy (non-hydrogen) atoms. The fourth-order valence-corrected chi connectivity index (χ4v) is 8.43. The molecule has 0 saturated carbocycles. The summed E-state index contributed by atoms with van der Waals surface area (Å²) < 4.78 is 6.55. The van der Waals surface area contributed by atoms with Crippen LogP contribution in [0.3, 0.4) is 0 Å². The lowest BCUT2D eigenvalue weighted by molar-refractivity contribution is 0.670. The normalized spacial score (nSPS) is 11.7. The summed E-state index contributed by atoms with van der Waals surface area (Å²) in [6.45, 7) is 0. The first kappa shape index (κ1) is 30.5. The van der Waals surface area contributed by atoms with Crippen LogP contribution in [0.2, 0.25) is 0 Å². The van der Waals surface area contributed by atoms with E-state index in [1.807, 2.05) is 0 Å². The Labute approximate surface area is 313 Å². The van der Waals surface area contributed by atoms with E-state index in [0.29, 0.717) is 0 Å². The van der Waals surface area contributed by atoms with Gasteiger partial charge in [0.1, 0.15) is 11.2 Å². The summed E-state index contributed by atoms with van der Waals surface area (Å²) >= 11 is 0. The van der Waals surface area contributed by atoms with Gasteiger partial charge in [-0.3, -0.25) is 0 Å². The van der Waals surface area contributed by atoms with Crippen LogP contribution in [0.4, 0.5) is 17.1 Å². The first-order valence-corrected chi connectivity index (χ1v) is 18.5. The lowest BCUT2D eigenvalue weighted by atomic mass is 9.96. The molecule has 0 aliphatic carbocycles. The molecule has 0 unspecified atom stereocenters. The summed E-state index contributed by atoms with van der Waals surface area (Å²) in [7, 11) is 0. The van der Waals surface area contributed by atoms with E-state index in [9.17, 15) is 0 Å². The second-order valence-electron chi connectivity index (χ2n) is 14.1. The fraction of sp³-hybridized carbons (Fsp3) is 0. The lowest BCUT2D eigenvalue weighted by Gasteiger charge is -2.26. The molecule has 0 fully saturated rings. The molecule has 10 aromatic carbocycles. The first-order chi connectivity index (χ1) is 26.8. The van der Waals surface area contributed by atoms with Gasteiger partial charge in [0.15, 0.2) is 0 Å². The lowest BCUT2D eigenvalue weighted by Crippen LogP contribution is -2.09. The molecule has 0 N–H and O–H groups in total. The summed E-state index contributed by atoms with van der Waals surface area (Å²) in [5.74, 6) is 0. The molecular formula is C52H33NO. The highest BCUT2D eigenvalue weighted by molar-refractivity contribution is 6.24. The van der Waals surface area contributed by atoms with Crippen LogP contribution in [0, 0.1) is 0 Å². The molecule has 0 saturated heterocycles. The average molecular weight is 688 g/mol. The fourth-order valence-electron chi connectivity index (χ4n) is 8.43. The smallest absolute Gasteiger partial charge is 0.143 e. The van der Waals surface area contributed by atoms with Crippen molar-refractivity contribution in [3.8, 4) is 33.4 Å². The summed E-state index contributed by atoms with van der Waals surface area (Å²) in [4.78, 5) is 2.35. The van der Waals surface area contributed by atoms with Crippen molar-refractivity contribution in [2.45, 2.75) is 0 Å². The molecular weight excluding hydrogens is 655 g/mol. The number of furan rings is 1. The van der Waals surface area contributed by atoms with Gasteiger partial charge in [0.25, 0.3) is 0 Å². The van der Waals surface area contributed by atoms with Crippen LogP contribution >= 0.6 is 0 Å². The highest BCUT2D eigenvalue weighted by atomic mass is 16.3. The van der Waals surface area contributed by atoms with Crippen molar-refractivity contribution in [3.05, 3.63) is 200 Å². The number of nitrogens with zero attached hydrogens (tertiary/aromatic N) is 1. The van der Waals surface area contributed by atoms with Gasteiger partial charge in [0.05, 0.1) is 0 Å². The highest BCUT2D eigenvalue weighted by Crippen LogP contribution is 2.43. The molecule has 252 valence electrons. The average Bonchev–Trinajstić information content (AvgIpc) is 3.64. The van der Waals surface area contributed by atoms with Crippen molar-refractivity contribution in [1.82, 2.24) is 0 Å². The maximum absolute atomic E-state index is 6.55. The molecule has 0 spiro atoms. The third-order valence-corrected chi connectivity index (χ3v) is 11.0. The topological polar surface area (TPSA) is 16.4 Å². The van der Waals surface area contributed by atoms with Crippen LogP contribution in [0.5, 0.6) is 0 Å². The Kier molecular flexibility index (Phi) is 6.90. The van der Waals surface area contributed by atoms with Crippen LogP contribution in [-0.4, -0.2) is 0 Å². The van der Waals surface area contributed by atoms with Crippen molar-refractivity contribution >= 4 is 71.3 Å². The van der Waals surface area contributed by atoms with Crippen molar-refractivity contribution in [2.75, 3.05) is 4.90 Å². The summed E-state index contributed by atoms with van der Waals surface area (Å²) in [6.07, 6.45) is 0. The van der Waals surface area contributed by atoms with Gasteiger partial charge in [-0.1, -0.05) is 152 Å². The predicted octanol–water partition coefficient (Wildman–Crippen LogP) is 15.0. The van der Waals surface area contributed by atoms with E-state index in [0.717, 1.165) is 39.4 Å². The molecule has 0 bridgehead atoms. The molecule has 11 rings (SSSR count). The minimum absolute atomic E-state index is 0.933. The molecule has 0 aliphatic heterocycles. The van der Waals surface area contributed by atoms with E-state index >= 15 is 0 Å². The van der Waals surface area contributed by atoms with Gasteiger partial charge in [0, 0.05) is 33.4 Å². The maximum Gasteiger partial charge on any atom is 0.143 e. The van der Waals surface area contributed by atoms with Gasteiger partial charge >= 0.3 is 0 Å². The second-order valence-corrected chi connectivity index (χ2v) is 14.1. The van der Waals surface area contributed by atoms with E-state index in [2.05, 4.69) is 205 Å². The molecule has 11 aromatic rings. The Bertz CT molecular complexity index is 3000. The number of anilines is 3. The van der Waals surface area contributed by atoms with E-state index in [1.165, 1.54) is 65.3 Å². The van der Waals surface area contributed by atoms with Crippen LogP contribution in [0.1, 0.15) is 0 Å². The van der Waals surface area contributed by atoms with Gasteiger partial charge < -0.3 is 9.32 Å².